The Morgan fingerprint density at radius 1 is 1.45 bits per heavy atom. The molecule has 104 valence electrons. The largest absolute Gasteiger partial charge is 0.618 e. The Morgan fingerprint density at radius 3 is 2.95 bits per heavy atom. The summed E-state index contributed by atoms with van der Waals surface area (Å²) in [7, 11) is 0. The molecule has 0 aliphatic heterocycles. The molecule has 2 aromatic heterocycles. The van der Waals surface area contributed by atoms with Crippen LogP contribution in [0.5, 0.6) is 0 Å². The molecule has 2 rings (SSSR count). The number of aromatic nitrogens is 2. The lowest BCUT2D eigenvalue weighted by atomic mass is 10.4. The fraction of sp³-hybridized carbons (Fsp3) is 0.0833. The molecule has 1 amide bonds. The highest BCUT2D eigenvalue weighted by atomic mass is 35.5. The standard InChI is InChI=1S/C12H9Cl2N3O2S/c13-8-5-9(14)12(15-6-8)16-10(18)7-20-11-3-1-2-4-17(11)19/h1-6H,7H2,(H,15,16,18). The first-order chi connectivity index (χ1) is 9.56. The highest BCUT2D eigenvalue weighted by Gasteiger charge is 2.11. The van der Waals surface area contributed by atoms with E-state index >= 15 is 0 Å². The first kappa shape index (κ1) is 14.9. The van der Waals surface area contributed by atoms with Crippen LogP contribution in [-0.4, -0.2) is 16.6 Å². The van der Waals surface area contributed by atoms with Gasteiger partial charge in [0.1, 0.15) is 0 Å². The highest BCUT2D eigenvalue weighted by Crippen LogP contribution is 2.23. The number of halogens is 2. The van der Waals surface area contributed by atoms with Crippen molar-refractivity contribution < 1.29 is 9.52 Å². The fourth-order valence-corrected chi connectivity index (χ4v) is 2.48. The molecule has 0 bridgehead atoms. The van der Waals surface area contributed by atoms with Gasteiger partial charge in [0, 0.05) is 18.3 Å². The van der Waals surface area contributed by atoms with Crippen LogP contribution >= 0.6 is 35.0 Å². The van der Waals surface area contributed by atoms with E-state index in [1.807, 2.05) is 0 Å². The van der Waals surface area contributed by atoms with Crippen LogP contribution < -0.4 is 10.0 Å². The van der Waals surface area contributed by atoms with Gasteiger partial charge in [0.05, 0.1) is 15.8 Å². The maximum absolute atomic E-state index is 11.8. The van der Waals surface area contributed by atoms with Crippen molar-refractivity contribution in [3.05, 3.63) is 51.9 Å². The molecule has 0 saturated carbocycles. The summed E-state index contributed by atoms with van der Waals surface area (Å²) in [6.07, 6.45) is 2.76. The van der Waals surface area contributed by atoms with Crippen molar-refractivity contribution in [1.82, 2.24) is 4.98 Å². The summed E-state index contributed by atoms with van der Waals surface area (Å²) < 4.78 is 0.700. The van der Waals surface area contributed by atoms with Gasteiger partial charge < -0.3 is 10.5 Å². The first-order valence-electron chi connectivity index (χ1n) is 5.48. The fourth-order valence-electron chi connectivity index (χ4n) is 1.34. The van der Waals surface area contributed by atoms with Gasteiger partial charge in [-0.15, -0.1) is 0 Å². The quantitative estimate of drug-likeness (QED) is 0.532. The molecule has 0 fully saturated rings. The number of pyridine rings is 2. The van der Waals surface area contributed by atoms with Crippen LogP contribution in [0.2, 0.25) is 10.0 Å². The van der Waals surface area contributed by atoms with E-state index in [9.17, 15) is 10.0 Å². The molecule has 20 heavy (non-hydrogen) atoms. The van der Waals surface area contributed by atoms with Crippen LogP contribution in [0.3, 0.4) is 0 Å². The van der Waals surface area contributed by atoms with Crippen molar-refractivity contribution in [3.63, 3.8) is 0 Å². The number of carbonyl (C=O) groups is 1. The van der Waals surface area contributed by atoms with Gasteiger partial charge in [-0.1, -0.05) is 23.2 Å². The average Bonchev–Trinajstić information content (AvgIpc) is 2.41. The van der Waals surface area contributed by atoms with Crippen LogP contribution in [-0.2, 0) is 4.79 Å². The van der Waals surface area contributed by atoms with Gasteiger partial charge in [0.2, 0.25) is 5.91 Å². The predicted octanol–water partition coefficient (Wildman–Crippen LogP) is 2.75. The van der Waals surface area contributed by atoms with Crippen LogP contribution in [0.1, 0.15) is 0 Å². The SMILES string of the molecule is O=C(CSc1cccc[n+]1[O-])Nc1ncc(Cl)cc1Cl. The Kier molecular flexibility index (Phi) is 5.05. The Bertz CT molecular complexity index is 640. The molecule has 2 aromatic rings. The molecule has 0 spiro atoms. The zero-order valence-corrected chi connectivity index (χ0v) is 12.4. The number of nitrogens with one attached hydrogen (secondary N) is 1. The van der Waals surface area contributed by atoms with Crippen LogP contribution in [0.25, 0.3) is 0 Å². The van der Waals surface area contributed by atoms with Crippen LogP contribution in [0.4, 0.5) is 5.82 Å². The van der Waals surface area contributed by atoms with Gasteiger partial charge in [0.25, 0.3) is 5.03 Å². The van der Waals surface area contributed by atoms with E-state index < -0.39 is 0 Å². The van der Waals surface area contributed by atoms with E-state index in [-0.39, 0.29) is 22.5 Å². The van der Waals surface area contributed by atoms with Crippen molar-refractivity contribution in [1.29, 1.82) is 0 Å². The molecule has 0 atom stereocenters. The molecule has 0 aromatic carbocycles. The number of amides is 1. The van der Waals surface area contributed by atoms with Gasteiger partial charge in [-0.3, -0.25) is 4.79 Å². The maximum Gasteiger partial charge on any atom is 0.251 e. The summed E-state index contributed by atoms with van der Waals surface area (Å²) in [5.41, 5.74) is 0. The molecular formula is C12H9Cl2N3O2S. The third kappa shape index (κ3) is 4.00. The van der Waals surface area contributed by atoms with E-state index in [1.165, 1.54) is 18.5 Å². The summed E-state index contributed by atoms with van der Waals surface area (Å²) in [5.74, 6) is 0.00712. The number of carbonyl (C=O) groups excluding carboxylic acids is 1. The average molecular weight is 330 g/mol. The Labute approximate surface area is 129 Å². The van der Waals surface area contributed by atoms with Gasteiger partial charge >= 0.3 is 0 Å². The van der Waals surface area contributed by atoms with E-state index in [0.29, 0.717) is 14.8 Å². The number of nitrogens with zero attached hydrogens (tertiary/aromatic N) is 2. The Morgan fingerprint density at radius 2 is 2.25 bits per heavy atom. The summed E-state index contributed by atoms with van der Waals surface area (Å²) in [6.45, 7) is 0. The van der Waals surface area contributed by atoms with Crippen molar-refractivity contribution in [2.45, 2.75) is 5.03 Å². The molecule has 5 nitrogen and oxygen atoms in total. The second-order valence-corrected chi connectivity index (χ2v) is 5.52. The number of rotatable bonds is 4. The van der Waals surface area contributed by atoms with E-state index in [1.54, 1.807) is 18.2 Å². The van der Waals surface area contributed by atoms with Gasteiger partial charge in [-0.2, -0.15) is 4.73 Å². The monoisotopic (exact) mass is 329 g/mol. The summed E-state index contributed by atoms with van der Waals surface area (Å²) in [6, 6.07) is 6.47. The zero-order chi connectivity index (χ0) is 14.5. The lowest BCUT2D eigenvalue weighted by Gasteiger charge is -2.06. The van der Waals surface area contributed by atoms with Crippen molar-refractivity contribution >= 4 is 46.7 Å². The van der Waals surface area contributed by atoms with Crippen LogP contribution in [0.15, 0.2) is 41.7 Å². The molecule has 0 unspecified atom stereocenters. The molecule has 0 aliphatic carbocycles. The molecular weight excluding hydrogens is 321 g/mol. The number of hydrogen-bond donors (Lipinski definition) is 1. The predicted molar refractivity (Wildman–Crippen MR) is 79.0 cm³/mol. The highest BCUT2D eigenvalue weighted by molar-refractivity contribution is 7.99. The zero-order valence-electron chi connectivity index (χ0n) is 10.0. The molecule has 0 saturated heterocycles. The Hall–Kier alpha value is -1.50. The third-order valence-electron chi connectivity index (χ3n) is 2.21. The van der Waals surface area contributed by atoms with Gasteiger partial charge in [-0.25, -0.2) is 4.98 Å². The number of anilines is 1. The van der Waals surface area contributed by atoms with E-state index in [2.05, 4.69) is 10.3 Å². The molecule has 0 aliphatic rings. The second kappa shape index (κ2) is 6.78. The smallest absolute Gasteiger partial charge is 0.251 e. The maximum atomic E-state index is 11.8. The van der Waals surface area contributed by atoms with E-state index in [4.69, 9.17) is 23.2 Å². The minimum atomic E-state index is -0.310. The molecule has 1 N–H and O–H groups in total. The second-order valence-electron chi connectivity index (χ2n) is 3.69. The lowest BCUT2D eigenvalue weighted by molar-refractivity contribution is -0.645. The topological polar surface area (TPSA) is 68.9 Å². The normalized spacial score (nSPS) is 10.3. The van der Waals surface area contributed by atoms with Gasteiger partial charge in [-0.05, 0) is 23.9 Å². The summed E-state index contributed by atoms with van der Waals surface area (Å²) in [5, 5.41) is 15.0. The summed E-state index contributed by atoms with van der Waals surface area (Å²) >= 11 is 12.7. The summed E-state index contributed by atoms with van der Waals surface area (Å²) in [4.78, 5) is 15.7. The number of hydrogen-bond acceptors (Lipinski definition) is 4. The first-order valence-corrected chi connectivity index (χ1v) is 7.22. The molecule has 8 heteroatoms. The van der Waals surface area contributed by atoms with Gasteiger partial charge in [0.15, 0.2) is 12.0 Å². The minimum absolute atomic E-state index is 0.0763. The van der Waals surface area contributed by atoms with Crippen molar-refractivity contribution in [2.75, 3.05) is 11.1 Å². The van der Waals surface area contributed by atoms with Crippen LogP contribution in [0, 0.1) is 5.21 Å². The van der Waals surface area contributed by atoms with Crippen molar-refractivity contribution in [3.8, 4) is 0 Å². The molecule has 0 radical (unpaired) electrons. The number of thioether (sulfide) groups is 1. The Balaban J connectivity index is 1.94. The lowest BCUT2D eigenvalue weighted by Crippen LogP contribution is -2.28. The van der Waals surface area contributed by atoms with Crippen molar-refractivity contribution in [2.24, 2.45) is 0 Å². The molecule has 2 heterocycles. The van der Waals surface area contributed by atoms with E-state index in [0.717, 1.165) is 11.8 Å². The third-order valence-corrected chi connectivity index (χ3v) is 3.72. The minimum Gasteiger partial charge on any atom is -0.618 e.